The highest BCUT2D eigenvalue weighted by Crippen LogP contribution is 2.37. The minimum Gasteiger partial charge on any atom is -0.353 e. The highest BCUT2D eigenvalue weighted by atomic mass is 15.2. The molecule has 1 aromatic heterocycles. The molecule has 1 fully saturated rings. The van der Waals surface area contributed by atoms with E-state index in [1.54, 1.807) is 0 Å². The molecule has 1 aliphatic carbocycles. The monoisotopic (exact) mass is 191 g/mol. The molecule has 0 aromatic carbocycles. The van der Waals surface area contributed by atoms with Crippen molar-refractivity contribution >= 4 is 5.82 Å². The number of hydrogen-bond donors (Lipinski definition) is 1. The molecule has 76 valence electrons. The molecule has 2 rings (SSSR count). The van der Waals surface area contributed by atoms with Crippen molar-refractivity contribution < 1.29 is 0 Å². The minimum absolute atomic E-state index is 0.175. The number of aromatic nitrogens is 1. The second kappa shape index (κ2) is 3.58. The fourth-order valence-corrected chi connectivity index (χ4v) is 2.06. The van der Waals surface area contributed by atoms with Crippen LogP contribution in [0.2, 0.25) is 0 Å². The predicted octanol–water partition coefficient (Wildman–Crippen LogP) is 1.40. The van der Waals surface area contributed by atoms with Crippen molar-refractivity contribution in [1.29, 1.82) is 0 Å². The van der Waals surface area contributed by atoms with Crippen LogP contribution in [0, 0.1) is 0 Å². The van der Waals surface area contributed by atoms with Crippen molar-refractivity contribution in [3.8, 4) is 0 Å². The molecule has 0 spiro atoms. The van der Waals surface area contributed by atoms with Crippen molar-refractivity contribution in [1.82, 2.24) is 4.98 Å². The molecule has 0 saturated heterocycles. The lowest BCUT2D eigenvalue weighted by Crippen LogP contribution is -2.57. The van der Waals surface area contributed by atoms with Crippen LogP contribution >= 0.6 is 0 Å². The average Bonchev–Trinajstić information content (AvgIpc) is 2.18. The summed E-state index contributed by atoms with van der Waals surface area (Å²) < 4.78 is 0. The van der Waals surface area contributed by atoms with Gasteiger partial charge in [0.2, 0.25) is 0 Å². The molecule has 1 aliphatic rings. The van der Waals surface area contributed by atoms with E-state index in [9.17, 15) is 0 Å². The van der Waals surface area contributed by atoms with Crippen molar-refractivity contribution in [2.75, 3.05) is 18.5 Å². The van der Waals surface area contributed by atoms with Gasteiger partial charge in [-0.1, -0.05) is 6.07 Å². The number of pyridine rings is 1. The molecular weight excluding hydrogens is 174 g/mol. The summed E-state index contributed by atoms with van der Waals surface area (Å²) in [6.45, 7) is 0.722. The Morgan fingerprint density at radius 2 is 2.29 bits per heavy atom. The van der Waals surface area contributed by atoms with E-state index in [0.717, 1.165) is 12.4 Å². The molecule has 0 bridgehead atoms. The van der Waals surface area contributed by atoms with Gasteiger partial charge in [-0.05, 0) is 31.4 Å². The van der Waals surface area contributed by atoms with E-state index in [1.165, 1.54) is 19.3 Å². The van der Waals surface area contributed by atoms with Crippen LogP contribution in [0.15, 0.2) is 24.4 Å². The quantitative estimate of drug-likeness (QED) is 0.785. The molecule has 0 unspecified atom stereocenters. The Labute approximate surface area is 84.9 Å². The molecule has 0 radical (unpaired) electrons. The lowest BCUT2D eigenvalue weighted by molar-refractivity contribution is 0.245. The van der Waals surface area contributed by atoms with E-state index in [2.05, 4.69) is 16.9 Å². The third kappa shape index (κ3) is 1.38. The zero-order valence-corrected chi connectivity index (χ0v) is 8.61. The van der Waals surface area contributed by atoms with E-state index in [0.29, 0.717) is 0 Å². The summed E-state index contributed by atoms with van der Waals surface area (Å²) in [4.78, 5) is 6.58. The SMILES string of the molecule is CN(c1ccccn1)C1(CN)CCC1. The number of likely N-dealkylation sites (N-methyl/N-ethyl adjacent to an activating group) is 1. The van der Waals surface area contributed by atoms with Crippen LogP contribution in [-0.2, 0) is 0 Å². The molecule has 1 aromatic rings. The third-order valence-electron chi connectivity index (χ3n) is 3.37. The lowest BCUT2D eigenvalue weighted by atomic mass is 9.75. The fourth-order valence-electron chi connectivity index (χ4n) is 2.06. The molecule has 0 amide bonds. The Bertz CT molecular complexity index is 287. The van der Waals surface area contributed by atoms with Gasteiger partial charge >= 0.3 is 0 Å². The lowest BCUT2D eigenvalue weighted by Gasteiger charge is -2.48. The molecule has 2 N–H and O–H groups in total. The predicted molar refractivity (Wildman–Crippen MR) is 58.3 cm³/mol. The number of hydrogen-bond acceptors (Lipinski definition) is 3. The Morgan fingerprint density at radius 3 is 2.71 bits per heavy atom. The van der Waals surface area contributed by atoms with Gasteiger partial charge in [-0.15, -0.1) is 0 Å². The largest absolute Gasteiger partial charge is 0.353 e. The number of nitrogens with zero attached hydrogens (tertiary/aromatic N) is 2. The van der Waals surface area contributed by atoms with Crippen LogP contribution < -0.4 is 10.6 Å². The molecule has 0 atom stereocenters. The number of anilines is 1. The van der Waals surface area contributed by atoms with Gasteiger partial charge in [0.05, 0.1) is 5.54 Å². The van der Waals surface area contributed by atoms with Crippen molar-refractivity contribution in [2.45, 2.75) is 24.8 Å². The van der Waals surface area contributed by atoms with Crippen LogP contribution in [0.1, 0.15) is 19.3 Å². The van der Waals surface area contributed by atoms with Gasteiger partial charge in [0.1, 0.15) is 5.82 Å². The maximum absolute atomic E-state index is 5.84. The first-order chi connectivity index (χ1) is 6.78. The van der Waals surface area contributed by atoms with E-state index in [1.807, 2.05) is 24.4 Å². The fraction of sp³-hybridized carbons (Fsp3) is 0.545. The van der Waals surface area contributed by atoms with Gasteiger partial charge in [0.15, 0.2) is 0 Å². The summed E-state index contributed by atoms with van der Waals surface area (Å²) in [6, 6.07) is 5.99. The van der Waals surface area contributed by atoms with Crippen molar-refractivity contribution in [3.63, 3.8) is 0 Å². The Morgan fingerprint density at radius 1 is 1.50 bits per heavy atom. The molecular formula is C11H17N3. The smallest absolute Gasteiger partial charge is 0.128 e. The van der Waals surface area contributed by atoms with Crippen LogP contribution in [0.5, 0.6) is 0 Å². The standard InChI is InChI=1S/C11H17N3/c1-14(10-5-2-3-8-13-10)11(9-12)6-4-7-11/h2-3,5,8H,4,6-7,9,12H2,1H3. The first kappa shape index (κ1) is 9.46. The number of rotatable bonds is 3. The Kier molecular flexibility index (Phi) is 2.42. The van der Waals surface area contributed by atoms with Crippen molar-refractivity contribution in [2.24, 2.45) is 5.73 Å². The summed E-state index contributed by atoms with van der Waals surface area (Å²) in [5.41, 5.74) is 6.01. The summed E-state index contributed by atoms with van der Waals surface area (Å²) in [5, 5.41) is 0. The first-order valence-electron chi connectivity index (χ1n) is 5.13. The normalized spacial score (nSPS) is 18.7. The van der Waals surface area contributed by atoms with Gasteiger partial charge in [-0.3, -0.25) is 0 Å². The second-order valence-corrected chi connectivity index (χ2v) is 4.03. The number of nitrogens with two attached hydrogens (primary N) is 1. The zero-order chi connectivity index (χ0) is 10.0. The summed E-state index contributed by atoms with van der Waals surface area (Å²) in [5.74, 6) is 1.03. The highest BCUT2D eigenvalue weighted by Gasteiger charge is 2.39. The maximum Gasteiger partial charge on any atom is 0.128 e. The first-order valence-corrected chi connectivity index (χ1v) is 5.13. The Hall–Kier alpha value is -1.09. The maximum atomic E-state index is 5.84. The minimum atomic E-state index is 0.175. The molecule has 14 heavy (non-hydrogen) atoms. The summed E-state index contributed by atoms with van der Waals surface area (Å²) in [7, 11) is 2.09. The van der Waals surface area contributed by atoms with Gasteiger partial charge < -0.3 is 10.6 Å². The molecule has 1 heterocycles. The zero-order valence-electron chi connectivity index (χ0n) is 8.61. The summed E-state index contributed by atoms with van der Waals surface area (Å²) in [6.07, 6.45) is 5.50. The molecule has 3 heteroatoms. The van der Waals surface area contributed by atoms with Crippen LogP contribution in [0.25, 0.3) is 0 Å². The van der Waals surface area contributed by atoms with Gasteiger partial charge in [-0.25, -0.2) is 4.98 Å². The van der Waals surface area contributed by atoms with Gasteiger partial charge in [0, 0.05) is 19.8 Å². The highest BCUT2D eigenvalue weighted by molar-refractivity contribution is 5.41. The third-order valence-corrected chi connectivity index (χ3v) is 3.37. The van der Waals surface area contributed by atoms with Crippen molar-refractivity contribution in [3.05, 3.63) is 24.4 Å². The average molecular weight is 191 g/mol. The van der Waals surface area contributed by atoms with Gasteiger partial charge in [0.25, 0.3) is 0 Å². The van der Waals surface area contributed by atoms with Gasteiger partial charge in [-0.2, -0.15) is 0 Å². The van der Waals surface area contributed by atoms with E-state index in [-0.39, 0.29) is 5.54 Å². The van der Waals surface area contributed by atoms with E-state index < -0.39 is 0 Å². The molecule has 0 aliphatic heterocycles. The van der Waals surface area contributed by atoms with E-state index >= 15 is 0 Å². The van der Waals surface area contributed by atoms with E-state index in [4.69, 9.17) is 5.73 Å². The topological polar surface area (TPSA) is 42.2 Å². The van der Waals surface area contributed by atoms with Crippen LogP contribution in [0.4, 0.5) is 5.82 Å². The second-order valence-electron chi connectivity index (χ2n) is 4.03. The Balaban J connectivity index is 2.19. The molecule has 3 nitrogen and oxygen atoms in total. The van der Waals surface area contributed by atoms with Crippen LogP contribution in [0.3, 0.4) is 0 Å². The molecule has 1 saturated carbocycles. The summed E-state index contributed by atoms with van der Waals surface area (Å²) >= 11 is 0. The van der Waals surface area contributed by atoms with Crippen LogP contribution in [-0.4, -0.2) is 24.1 Å².